The molecule has 0 aliphatic carbocycles. The van der Waals surface area contributed by atoms with Gasteiger partial charge in [0.2, 0.25) is 5.78 Å². The molecule has 1 unspecified atom stereocenters. The predicted octanol–water partition coefficient (Wildman–Crippen LogP) is 1.91. The fourth-order valence-electron chi connectivity index (χ4n) is 4.17. The Morgan fingerprint density at radius 2 is 1.88 bits per heavy atom. The van der Waals surface area contributed by atoms with E-state index in [2.05, 4.69) is 29.8 Å². The van der Waals surface area contributed by atoms with Crippen LogP contribution in [0.1, 0.15) is 36.6 Å². The number of carbonyl (C=O) groups is 2. The Hall–Kier alpha value is -2.64. The Kier molecular flexibility index (Phi) is 7.74. The van der Waals surface area contributed by atoms with Crippen molar-refractivity contribution in [3.05, 3.63) is 69.2 Å². The number of likely N-dealkylation sites (tertiary alicyclic amines) is 1. The lowest BCUT2D eigenvalue weighted by Crippen LogP contribution is -3.12. The van der Waals surface area contributed by atoms with Crippen LogP contribution in [0.2, 0.25) is 0 Å². The number of amides is 1. The molecule has 3 rings (SSSR count). The highest BCUT2D eigenvalue weighted by molar-refractivity contribution is 9.10. The van der Waals surface area contributed by atoms with Gasteiger partial charge in [0.05, 0.1) is 39.3 Å². The molecule has 0 bridgehead atoms. The highest BCUT2D eigenvalue weighted by Crippen LogP contribution is 2.39. The minimum absolute atomic E-state index is 0.0101. The molecule has 0 spiro atoms. The van der Waals surface area contributed by atoms with Crippen LogP contribution in [0.4, 0.5) is 0 Å². The van der Waals surface area contributed by atoms with Crippen molar-refractivity contribution in [2.75, 3.05) is 33.3 Å². The normalized spacial score (nSPS) is 17.9. The summed E-state index contributed by atoms with van der Waals surface area (Å²) in [5.41, 5.74) is 1.85. The van der Waals surface area contributed by atoms with Crippen molar-refractivity contribution in [1.82, 2.24) is 4.90 Å². The number of methoxy groups -OCH3 is 1. The number of quaternary nitrogens is 1. The van der Waals surface area contributed by atoms with Crippen LogP contribution in [0.25, 0.3) is 5.76 Å². The standard InChI is InChI=1S/C25H29BrN2O4/c1-5-27(6-2)12-13-28-22(17-8-7-9-18(26)15-17)21(24(30)25(28)31)23(29)20-11-10-19(32-4)14-16(20)3/h7-11,14-15,22,29H,5-6,12-13H2,1-4H3. The second-order valence-electron chi connectivity index (χ2n) is 7.92. The number of ether oxygens (including phenoxy) is 1. The van der Waals surface area contributed by atoms with Crippen molar-refractivity contribution in [3.63, 3.8) is 0 Å². The van der Waals surface area contributed by atoms with Crippen LogP contribution >= 0.6 is 15.9 Å². The largest absolute Gasteiger partial charge is 0.872 e. The number of benzene rings is 2. The molecule has 2 aromatic rings. The zero-order valence-corrected chi connectivity index (χ0v) is 20.5. The van der Waals surface area contributed by atoms with E-state index in [1.165, 1.54) is 4.90 Å². The van der Waals surface area contributed by atoms with Gasteiger partial charge in [0.1, 0.15) is 5.75 Å². The molecule has 7 heteroatoms. The summed E-state index contributed by atoms with van der Waals surface area (Å²) < 4.78 is 6.06. The van der Waals surface area contributed by atoms with E-state index in [4.69, 9.17) is 4.74 Å². The zero-order valence-electron chi connectivity index (χ0n) is 18.9. The van der Waals surface area contributed by atoms with Crippen molar-refractivity contribution < 1.29 is 24.3 Å². The van der Waals surface area contributed by atoms with Crippen LogP contribution in [0, 0.1) is 6.92 Å². The van der Waals surface area contributed by atoms with Crippen molar-refractivity contribution in [3.8, 4) is 5.75 Å². The second-order valence-corrected chi connectivity index (χ2v) is 8.83. The molecule has 1 atom stereocenters. The number of nitrogens with one attached hydrogen (secondary N) is 1. The van der Waals surface area contributed by atoms with Gasteiger partial charge in [-0.3, -0.25) is 9.59 Å². The van der Waals surface area contributed by atoms with E-state index in [9.17, 15) is 14.7 Å². The number of aryl methyl sites for hydroxylation is 1. The summed E-state index contributed by atoms with van der Waals surface area (Å²) in [5, 5.41) is 13.6. The number of rotatable bonds is 8. The van der Waals surface area contributed by atoms with E-state index in [-0.39, 0.29) is 5.57 Å². The number of hydrogen-bond donors (Lipinski definition) is 1. The van der Waals surface area contributed by atoms with E-state index in [1.54, 1.807) is 37.1 Å². The molecule has 0 saturated carbocycles. The van der Waals surface area contributed by atoms with Gasteiger partial charge in [-0.25, -0.2) is 0 Å². The monoisotopic (exact) mass is 500 g/mol. The van der Waals surface area contributed by atoms with E-state index in [1.807, 2.05) is 24.3 Å². The number of ketones is 1. The third-order valence-electron chi connectivity index (χ3n) is 6.08. The molecule has 1 fully saturated rings. The molecule has 0 radical (unpaired) electrons. The van der Waals surface area contributed by atoms with E-state index < -0.39 is 23.5 Å². The average molecular weight is 501 g/mol. The highest BCUT2D eigenvalue weighted by Gasteiger charge is 2.44. The summed E-state index contributed by atoms with van der Waals surface area (Å²) in [6.07, 6.45) is 0. The Morgan fingerprint density at radius 3 is 2.47 bits per heavy atom. The quantitative estimate of drug-likeness (QED) is 0.341. The molecular weight excluding hydrogens is 472 g/mol. The topological polar surface area (TPSA) is 74.1 Å². The van der Waals surface area contributed by atoms with Gasteiger partial charge >= 0.3 is 0 Å². The highest BCUT2D eigenvalue weighted by atomic mass is 79.9. The van der Waals surface area contributed by atoms with Crippen molar-refractivity contribution in [2.24, 2.45) is 0 Å². The van der Waals surface area contributed by atoms with Crippen LogP contribution in [0.5, 0.6) is 5.75 Å². The molecule has 1 amide bonds. The van der Waals surface area contributed by atoms with E-state index >= 15 is 0 Å². The van der Waals surface area contributed by atoms with Crippen LogP contribution in [0.15, 0.2) is 52.5 Å². The van der Waals surface area contributed by atoms with Gasteiger partial charge in [-0.1, -0.05) is 39.9 Å². The molecule has 1 N–H and O–H groups in total. The van der Waals surface area contributed by atoms with Gasteiger partial charge in [0.15, 0.2) is 0 Å². The number of Topliss-reactive ketones (excluding diaryl/α,β-unsaturated/α-hetero) is 1. The summed E-state index contributed by atoms with van der Waals surface area (Å²) in [6, 6.07) is 11.8. The van der Waals surface area contributed by atoms with Gasteiger partial charge in [-0.15, -0.1) is 0 Å². The molecule has 2 aromatic carbocycles. The van der Waals surface area contributed by atoms with Crippen molar-refractivity contribution >= 4 is 33.4 Å². The Labute approximate surface area is 197 Å². The van der Waals surface area contributed by atoms with Gasteiger partial charge in [0, 0.05) is 10.0 Å². The maximum absolute atomic E-state index is 13.6. The summed E-state index contributed by atoms with van der Waals surface area (Å²) >= 11 is 3.47. The Bertz CT molecular complexity index is 1050. The van der Waals surface area contributed by atoms with E-state index in [0.29, 0.717) is 30.0 Å². The minimum atomic E-state index is -0.718. The number of carbonyl (C=O) groups excluding carboxylic acids is 2. The van der Waals surface area contributed by atoms with Crippen LogP contribution in [0.3, 0.4) is 0 Å². The average Bonchev–Trinajstić information content (AvgIpc) is 3.04. The van der Waals surface area contributed by atoms with E-state index in [0.717, 1.165) is 23.1 Å². The first kappa shape index (κ1) is 24.0. The number of hydrogen-bond acceptors (Lipinski definition) is 4. The fraction of sp³-hybridized carbons (Fsp3) is 0.360. The Morgan fingerprint density at radius 1 is 1.16 bits per heavy atom. The summed E-state index contributed by atoms with van der Waals surface area (Å²) in [5.74, 6) is -1.11. The summed E-state index contributed by atoms with van der Waals surface area (Å²) in [4.78, 5) is 29.1. The number of likely N-dealkylation sites (N-methyl/N-ethyl adjacent to an activating group) is 1. The molecule has 6 nitrogen and oxygen atoms in total. The Balaban J connectivity index is 2.13. The van der Waals surface area contributed by atoms with Crippen molar-refractivity contribution in [2.45, 2.75) is 26.8 Å². The lowest BCUT2D eigenvalue weighted by molar-refractivity contribution is -0.895. The molecule has 1 saturated heterocycles. The molecular formula is C25H29BrN2O4. The second kappa shape index (κ2) is 10.3. The maximum Gasteiger partial charge on any atom is 0.295 e. The molecule has 32 heavy (non-hydrogen) atoms. The lowest BCUT2D eigenvalue weighted by atomic mass is 9.94. The summed E-state index contributed by atoms with van der Waals surface area (Å²) in [6.45, 7) is 8.94. The third-order valence-corrected chi connectivity index (χ3v) is 6.57. The van der Waals surface area contributed by atoms with Crippen LogP contribution in [-0.4, -0.2) is 49.9 Å². The smallest absolute Gasteiger partial charge is 0.295 e. The van der Waals surface area contributed by atoms with Gasteiger partial charge in [-0.05, 0) is 61.7 Å². The molecule has 1 heterocycles. The van der Waals surface area contributed by atoms with Crippen LogP contribution < -0.4 is 14.7 Å². The van der Waals surface area contributed by atoms with Gasteiger partial charge in [0.25, 0.3) is 5.91 Å². The number of nitrogens with zero attached hydrogens (tertiary/aromatic N) is 1. The SMILES string of the molecule is CC[NH+](CC)CCN1C(=O)C(=O)C(=C([O-])c2ccc(OC)cc2C)C1c1cccc(Br)c1. The predicted molar refractivity (Wildman–Crippen MR) is 125 cm³/mol. The lowest BCUT2D eigenvalue weighted by Gasteiger charge is -2.29. The first-order valence-electron chi connectivity index (χ1n) is 10.8. The zero-order chi connectivity index (χ0) is 23.4. The van der Waals surface area contributed by atoms with Gasteiger partial charge < -0.3 is 19.6 Å². The molecule has 1 aliphatic heterocycles. The first-order chi connectivity index (χ1) is 15.3. The fourth-order valence-corrected chi connectivity index (χ4v) is 4.59. The minimum Gasteiger partial charge on any atom is -0.872 e. The van der Waals surface area contributed by atoms with Crippen LogP contribution in [-0.2, 0) is 9.59 Å². The molecule has 170 valence electrons. The summed E-state index contributed by atoms with van der Waals surface area (Å²) in [7, 11) is 1.56. The van der Waals surface area contributed by atoms with Gasteiger partial charge in [-0.2, -0.15) is 0 Å². The van der Waals surface area contributed by atoms with Crippen molar-refractivity contribution in [1.29, 1.82) is 0 Å². The first-order valence-corrected chi connectivity index (χ1v) is 11.6. The number of halogens is 1. The maximum atomic E-state index is 13.6. The third kappa shape index (κ3) is 4.74. The molecule has 1 aliphatic rings. The molecule has 0 aromatic heterocycles.